The van der Waals surface area contributed by atoms with Crippen molar-refractivity contribution >= 4 is 5.71 Å². The molecule has 1 rings (SSSR count). The monoisotopic (exact) mass is 414 g/mol. The molecule has 0 saturated carbocycles. The maximum atomic E-state index is 13.2. The Morgan fingerprint density at radius 3 is 2.43 bits per heavy atom. The van der Waals surface area contributed by atoms with Crippen LogP contribution in [0.3, 0.4) is 0 Å². The number of rotatable bonds is 12. The van der Waals surface area contributed by atoms with Gasteiger partial charge in [0.05, 0.1) is 0 Å². The first kappa shape index (κ1) is 25.8. The molecule has 0 radical (unpaired) electrons. The van der Waals surface area contributed by atoms with Crippen molar-refractivity contribution in [2.24, 2.45) is 10.6 Å². The number of aromatic nitrogens is 1. The Balaban J connectivity index is 2.91. The van der Waals surface area contributed by atoms with E-state index in [1.54, 1.807) is 12.3 Å². The minimum atomic E-state index is 0.197. The van der Waals surface area contributed by atoms with Crippen molar-refractivity contribution in [2.75, 3.05) is 33.7 Å². The average molecular weight is 415 g/mol. The van der Waals surface area contributed by atoms with E-state index in [-0.39, 0.29) is 11.1 Å². The molecule has 0 spiro atoms. The summed E-state index contributed by atoms with van der Waals surface area (Å²) in [5.74, 6) is 0. The van der Waals surface area contributed by atoms with Gasteiger partial charge in [0.1, 0.15) is 5.71 Å². The van der Waals surface area contributed by atoms with Crippen LogP contribution in [-0.2, 0) is 0 Å². The van der Waals surface area contributed by atoms with Gasteiger partial charge in [-0.15, -0.1) is 0 Å². The van der Waals surface area contributed by atoms with Crippen LogP contribution in [0.5, 0.6) is 0 Å². The summed E-state index contributed by atoms with van der Waals surface area (Å²) in [5, 5.41) is 2.93. The number of aryl methyl sites for hydroxylation is 1. The second kappa shape index (κ2) is 12.4. The second-order valence-electron chi connectivity index (χ2n) is 8.84. The molecule has 0 aromatic carbocycles. The summed E-state index contributed by atoms with van der Waals surface area (Å²) in [4.78, 5) is 8.75. The molecule has 0 saturated heterocycles. The summed E-state index contributed by atoms with van der Waals surface area (Å²) < 4.78 is 13.2. The van der Waals surface area contributed by atoms with Crippen molar-refractivity contribution in [3.8, 4) is 0 Å². The Kier molecular flexibility index (Phi) is 10.7. The predicted octanol–water partition coefficient (Wildman–Crippen LogP) is 5.77. The highest BCUT2D eigenvalue weighted by molar-refractivity contribution is 6.08. The molecule has 0 unspecified atom stereocenters. The summed E-state index contributed by atoms with van der Waals surface area (Å²) in [6.45, 7) is 17.4. The molecule has 5 heteroatoms. The van der Waals surface area contributed by atoms with Gasteiger partial charge in [-0.1, -0.05) is 53.8 Å². The fourth-order valence-corrected chi connectivity index (χ4v) is 3.82. The largest absolute Gasteiger partial charge is 0.373 e. The Bertz CT molecular complexity index is 762. The summed E-state index contributed by atoms with van der Waals surface area (Å²) in [5.41, 5.74) is 4.33. The molecule has 0 fully saturated rings. The Hall–Kier alpha value is -2.27. The summed E-state index contributed by atoms with van der Waals surface area (Å²) >= 11 is 0. The molecule has 166 valence electrons. The second-order valence-corrected chi connectivity index (χ2v) is 8.84. The summed E-state index contributed by atoms with van der Waals surface area (Å²) in [6.07, 6.45) is 9.51. The lowest BCUT2D eigenvalue weighted by Gasteiger charge is -2.37. The zero-order chi connectivity index (χ0) is 22.7. The fourth-order valence-electron chi connectivity index (χ4n) is 3.82. The molecule has 0 aliphatic rings. The van der Waals surface area contributed by atoms with Gasteiger partial charge in [-0.2, -0.15) is 0 Å². The maximum absolute atomic E-state index is 13.2. The highest BCUT2D eigenvalue weighted by Gasteiger charge is 2.26. The van der Waals surface area contributed by atoms with Gasteiger partial charge < -0.3 is 9.80 Å². The Morgan fingerprint density at radius 2 is 1.93 bits per heavy atom. The third-order valence-electron chi connectivity index (χ3n) is 5.30. The highest BCUT2D eigenvalue weighted by atomic mass is 19.2. The van der Waals surface area contributed by atoms with Gasteiger partial charge in [0.15, 0.2) is 0 Å². The SMILES string of the molecule is C=CN(C/C(C)=C(C)/C=C\C(=N/F)c1ccc(C)nc1)C[C@@](C)(CCC)CN(C)C. The lowest BCUT2D eigenvalue weighted by Crippen LogP contribution is -2.40. The van der Waals surface area contributed by atoms with Crippen molar-refractivity contribution in [3.05, 3.63) is 65.7 Å². The highest BCUT2D eigenvalue weighted by Crippen LogP contribution is 2.26. The maximum Gasteiger partial charge on any atom is 0.105 e. The van der Waals surface area contributed by atoms with E-state index in [2.05, 4.69) is 61.4 Å². The fraction of sp³-hybridized carbons (Fsp3) is 0.520. The number of halogens is 1. The predicted molar refractivity (Wildman–Crippen MR) is 127 cm³/mol. The van der Waals surface area contributed by atoms with Gasteiger partial charge in [0.2, 0.25) is 0 Å². The van der Waals surface area contributed by atoms with Gasteiger partial charge >= 0.3 is 0 Å². The topological polar surface area (TPSA) is 31.7 Å². The number of pyridine rings is 1. The first-order chi connectivity index (χ1) is 14.1. The zero-order valence-electron chi connectivity index (χ0n) is 19.9. The van der Waals surface area contributed by atoms with Crippen LogP contribution in [-0.4, -0.2) is 54.2 Å². The van der Waals surface area contributed by atoms with Crippen molar-refractivity contribution in [3.63, 3.8) is 0 Å². The normalized spacial score (nSPS) is 15.3. The van der Waals surface area contributed by atoms with Crippen LogP contribution in [0.1, 0.15) is 51.8 Å². The van der Waals surface area contributed by atoms with Crippen molar-refractivity contribution in [2.45, 2.75) is 47.5 Å². The standard InChI is InChI=1S/C25H39FN4/c1-9-15-25(6,18-29(7)8)19-30(10-2)17-21(4)20(3)11-14-24(28-26)23-13-12-22(5)27-16-23/h10-14,16H,2,9,15,17-19H2,1,3-8H3/b14-11-,21-20+,28-24+/t25-/m0/s1. The van der Waals surface area contributed by atoms with E-state index < -0.39 is 0 Å². The molecular formula is C25H39FN4. The summed E-state index contributed by atoms with van der Waals surface area (Å²) in [6, 6.07) is 3.68. The molecule has 1 atom stereocenters. The molecule has 1 heterocycles. The van der Waals surface area contributed by atoms with Crippen LogP contribution in [0.2, 0.25) is 0 Å². The zero-order valence-corrected chi connectivity index (χ0v) is 19.9. The first-order valence-corrected chi connectivity index (χ1v) is 10.6. The minimum absolute atomic E-state index is 0.197. The van der Waals surface area contributed by atoms with Gasteiger partial charge in [-0.3, -0.25) is 4.98 Å². The lowest BCUT2D eigenvalue weighted by atomic mass is 9.84. The van der Waals surface area contributed by atoms with Gasteiger partial charge in [0.25, 0.3) is 0 Å². The molecule has 0 bridgehead atoms. The van der Waals surface area contributed by atoms with Crippen molar-refractivity contribution < 1.29 is 4.48 Å². The third kappa shape index (κ3) is 8.62. The quantitative estimate of drug-likeness (QED) is 0.321. The Labute approximate surface area is 182 Å². The van der Waals surface area contributed by atoms with Crippen LogP contribution in [0.4, 0.5) is 4.48 Å². The molecule has 1 aromatic rings. The third-order valence-corrected chi connectivity index (χ3v) is 5.30. The van der Waals surface area contributed by atoms with Crippen LogP contribution < -0.4 is 0 Å². The van der Waals surface area contributed by atoms with Gasteiger partial charge in [0, 0.05) is 37.1 Å². The van der Waals surface area contributed by atoms with Crippen LogP contribution >= 0.6 is 0 Å². The van der Waals surface area contributed by atoms with E-state index in [1.807, 2.05) is 38.3 Å². The average Bonchev–Trinajstić information content (AvgIpc) is 2.68. The summed E-state index contributed by atoms with van der Waals surface area (Å²) in [7, 11) is 4.25. The number of nitrogens with zero attached hydrogens (tertiary/aromatic N) is 4. The van der Waals surface area contributed by atoms with E-state index in [4.69, 9.17) is 0 Å². The molecule has 0 amide bonds. The molecule has 4 nitrogen and oxygen atoms in total. The number of hydrogen-bond donors (Lipinski definition) is 0. The van der Waals surface area contributed by atoms with Crippen LogP contribution in [0, 0.1) is 12.3 Å². The number of allylic oxidation sites excluding steroid dienone is 3. The molecular weight excluding hydrogens is 375 g/mol. The van der Waals surface area contributed by atoms with E-state index in [1.165, 1.54) is 5.57 Å². The first-order valence-electron chi connectivity index (χ1n) is 10.6. The smallest absolute Gasteiger partial charge is 0.105 e. The molecule has 1 aromatic heterocycles. The van der Waals surface area contributed by atoms with E-state index >= 15 is 0 Å². The van der Waals surface area contributed by atoms with Gasteiger partial charge in [-0.05, 0) is 71.1 Å². The Morgan fingerprint density at radius 1 is 1.23 bits per heavy atom. The van der Waals surface area contributed by atoms with E-state index in [0.29, 0.717) is 5.56 Å². The lowest BCUT2D eigenvalue weighted by molar-refractivity contribution is 0.151. The van der Waals surface area contributed by atoms with Crippen LogP contribution in [0.15, 0.2) is 59.6 Å². The molecule has 30 heavy (non-hydrogen) atoms. The number of hydrogen-bond acceptors (Lipinski definition) is 4. The van der Waals surface area contributed by atoms with E-state index in [9.17, 15) is 4.48 Å². The minimum Gasteiger partial charge on any atom is -0.373 e. The molecule has 0 aliphatic carbocycles. The van der Waals surface area contributed by atoms with Crippen molar-refractivity contribution in [1.29, 1.82) is 0 Å². The van der Waals surface area contributed by atoms with Gasteiger partial charge in [-0.25, -0.2) is 0 Å². The van der Waals surface area contributed by atoms with E-state index in [0.717, 1.165) is 43.7 Å². The molecule has 0 N–H and O–H groups in total. The van der Waals surface area contributed by atoms with Crippen LogP contribution in [0.25, 0.3) is 0 Å². The molecule has 0 aliphatic heterocycles. The van der Waals surface area contributed by atoms with Crippen molar-refractivity contribution in [1.82, 2.24) is 14.8 Å².